The molecule has 0 aliphatic heterocycles. The fraction of sp³-hybridized carbons (Fsp3) is 0.0833. The molecule has 0 spiro atoms. The molecule has 2 aromatic rings. The Morgan fingerprint density at radius 2 is 2.06 bits per heavy atom. The van der Waals surface area contributed by atoms with Gasteiger partial charge in [0.2, 0.25) is 0 Å². The van der Waals surface area contributed by atoms with Crippen molar-refractivity contribution in [2.24, 2.45) is 0 Å². The van der Waals surface area contributed by atoms with Gasteiger partial charge in [0, 0.05) is 10.6 Å². The first-order chi connectivity index (χ1) is 8.49. The summed E-state index contributed by atoms with van der Waals surface area (Å²) in [4.78, 5) is 10.8. The van der Waals surface area contributed by atoms with Crippen LogP contribution in [0.25, 0.3) is 11.3 Å². The van der Waals surface area contributed by atoms with E-state index in [2.05, 4.69) is 10.2 Å². The van der Waals surface area contributed by atoms with Crippen LogP contribution in [-0.4, -0.2) is 21.3 Å². The van der Waals surface area contributed by atoms with Gasteiger partial charge in [0.05, 0.1) is 5.69 Å². The number of aryl methyl sites for hydroxylation is 1. The molecule has 0 unspecified atom stereocenters. The molecule has 0 saturated carbocycles. The van der Waals surface area contributed by atoms with Crippen molar-refractivity contribution in [3.63, 3.8) is 0 Å². The Kier molecular flexibility index (Phi) is 3.25. The first kappa shape index (κ1) is 12.4. The highest BCUT2D eigenvalue weighted by Crippen LogP contribution is 2.25. The van der Waals surface area contributed by atoms with Gasteiger partial charge in [-0.3, -0.25) is 0 Å². The van der Waals surface area contributed by atoms with Crippen molar-refractivity contribution < 1.29 is 14.3 Å². The summed E-state index contributed by atoms with van der Waals surface area (Å²) in [5.74, 6) is -1.66. The minimum atomic E-state index is -1.17. The smallest absolute Gasteiger partial charge is 0.356 e. The third-order valence-corrected chi connectivity index (χ3v) is 2.63. The van der Waals surface area contributed by atoms with E-state index in [-0.39, 0.29) is 17.0 Å². The van der Waals surface area contributed by atoms with E-state index in [0.717, 1.165) is 0 Å². The monoisotopic (exact) mass is 266 g/mol. The average Bonchev–Trinajstić information content (AvgIpc) is 2.31. The molecule has 1 heterocycles. The van der Waals surface area contributed by atoms with Crippen LogP contribution in [0.4, 0.5) is 4.39 Å². The molecule has 0 bridgehead atoms. The normalized spacial score (nSPS) is 10.4. The SMILES string of the molecule is Cc1cc(-c2cc(Cl)ccc2F)nnc1C(=O)O. The lowest BCUT2D eigenvalue weighted by atomic mass is 10.1. The Morgan fingerprint density at radius 1 is 1.33 bits per heavy atom. The van der Waals surface area contributed by atoms with Gasteiger partial charge in [-0.05, 0) is 36.8 Å². The summed E-state index contributed by atoms with van der Waals surface area (Å²) in [5.41, 5.74) is 0.695. The second-order valence-corrected chi connectivity index (χ2v) is 4.13. The minimum absolute atomic E-state index is 0.152. The number of hydrogen-bond acceptors (Lipinski definition) is 3. The zero-order valence-electron chi connectivity index (χ0n) is 9.32. The molecule has 0 saturated heterocycles. The number of carboxylic acid groups (broad SMARTS) is 1. The number of nitrogens with zero attached hydrogens (tertiary/aromatic N) is 2. The van der Waals surface area contributed by atoms with E-state index < -0.39 is 11.8 Å². The predicted octanol–water partition coefficient (Wildman–Crippen LogP) is 2.94. The lowest BCUT2D eigenvalue weighted by Crippen LogP contribution is -2.06. The number of aromatic nitrogens is 2. The summed E-state index contributed by atoms with van der Waals surface area (Å²) in [5, 5.41) is 16.5. The van der Waals surface area contributed by atoms with E-state index in [1.54, 1.807) is 6.92 Å². The highest BCUT2D eigenvalue weighted by molar-refractivity contribution is 6.30. The van der Waals surface area contributed by atoms with Crippen molar-refractivity contribution in [2.45, 2.75) is 6.92 Å². The average molecular weight is 267 g/mol. The Balaban J connectivity index is 2.55. The highest BCUT2D eigenvalue weighted by Gasteiger charge is 2.13. The first-order valence-corrected chi connectivity index (χ1v) is 5.40. The largest absolute Gasteiger partial charge is 0.476 e. The number of aromatic carboxylic acids is 1. The highest BCUT2D eigenvalue weighted by atomic mass is 35.5. The van der Waals surface area contributed by atoms with Crippen LogP contribution in [0.1, 0.15) is 16.1 Å². The van der Waals surface area contributed by atoms with Crippen molar-refractivity contribution in [3.05, 3.63) is 46.4 Å². The van der Waals surface area contributed by atoms with E-state index in [4.69, 9.17) is 16.7 Å². The van der Waals surface area contributed by atoms with Gasteiger partial charge in [0.25, 0.3) is 0 Å². The number of carboxylic acids is 1. The van der Waals surface area contributed by atoms with E-state index in [1.807, 2.05) is 0 Å². The van der Waals surface area contributed by atoms with Crippen LogP contribution >= 0.6 is 11.6 Å². The fourth-order valence-electron chi connectivity index (χ4n) is 1.52. The molecule has 1 aromatic heterocycles. The van der Waals surface area contributed by atoms with Crippen molar-refractivity contribution in [2.75, 3.05) is 0 Å². The van der Waals surface area contributed by atoms with Gasteiger partial charge in [-0.15, -0.1) is 10.2 Å². The van der Waals surface area contributed by atoms with E-state index in [9.17, 15) is 9.18 Å². The zero-order chi connectivity index (χ0) is 13.3. The maximum absolute atomic E-state index is 13.6. The molecule has 0 aliphatic rings. The van der Waals surface area contributed by atoms with Gasteiger partial charge in [0.1, 0.15) is 5.82 Å². The summed E-state index contributed by atoms with van der Waals surface area (Å²) in [7, 11) is 0. The molecule has 1 aromatic carbocycles. The molecule has 0 radical (unpaired) electrons. The fourth-order valence-corrected chi connectivity index (χ4v) is 1.69. The molecule has 0 atom stereocenters. The summed E-state index contributed by atoms with van der Waals surface area (Å²) < 4.78 is 13.6. The van der Waals surface area contributed by atoms with E-state index in [1.165, 1.54) is 24.3 Å². The van der Waals surface area contributed by atoms with Crippen molar-refractivity contribution >= 4 is 17.6 Å². The van der Waals surface area contributed by atoms with Gasteiger partial charge in [-0.2, -0.15) is 0 Å². The molecular weight excluding hydrogens is 259 g/mol. The first-order valence-electron chi connectivity index (χ1n) is 5.02. The number of benzene rings is 1. The van der Waals surface area contributed by atoms with Crippen LogP contribution in [0.3, 0.4) is 0 Å². The quantitative estimate of drug-likeness (QED) is 0.908. The maximum atomic E-state index is 13.6. The predicted molar refractivity (Wildman–Crippen MR) is 64.1 cm³/mol. The second kappa shape index (κ2) is 4.70. The molecule has 0 fully saturated rings. The van der Waals surface area contributed by atoms with Crippen molar-refractivity contribution in [1.82, 2.24) is 10.2 Å². The Bertz CT molecular complexity index is 631. The van der Waals surface area contributed by atoms with Crippen LogP contribution in [0.15, 0.2) is 24.3 Å². The summed E-state index contributed by atoms with van der Waals surface area (Å²) in [6, 6.07) is 5.53. The van der Waals surface area contributed by atoms with Gasteiger partial charge in [-0.25, -0.2) is 9.18 Å². The van der Waals surface area contributed by atoms with Crippen LogP contribution < -0.4 is 0 Å². The second-order valence-electron chi connectivity index (χ2n) is 3.69. The van der Waals surface area contributed by atoms with E-state index in [0.29, 0.717) is 10.6 Å². The molecule has 2 rings (SSSR count). The van der Waals surface area contributed by atoms with Crippen LogP contribution in [0, 0.1) is 12.7 Å². The number of hydrogen-bond donors (Lipinski definition) is 1. The lowest BCUT2D eigenvalue weighted by Gasteiger charge is -2.05. The number of carbonyl (C=O) groups is 1. The molecule has 0 amide bonds. The molecule has 18 heavy (non-hydrogen) atoms. The van der Waals surface area contributed by atoms with Gasteiger partial charge in [-0.1, -0.05) is 11.6 Å². The Labute approximate surface area is 107 Å². The third kappa shape index (κ3) is 2.31. The topological polar surface area (TPSA) is 63.1 Å². The molecule has 4 nitrogen and oxygen atoms in total. The maximum Gasteiger partial charge on any atom is 0.356 e. The number of halogens is 2. The van der Waals surface area contributed by atoms with Gasteiger partial charge in [0.15, 0.2) is 5.69 Å². The number of rotatable bonds is 2. The van der Waals surface area contributed by atoms with Gasteiger partial charge >= 0.3 is 5.97 Å². The van der Waals surface area contributed by atoms with Crippen LogP contribution in [0.2, 0.25) is 5.02 Å². The molecule has 1 N–H and O–H groups in total. The lowest BCUT2D eigenvalue weighted by molar-refractivity contribution is 0.0688. The van der Waals surface area contributed by atoms with E-state index >= 15 is 0 Å². The molecule has 6 heteroatoms. The van der Waals surface area contributed by atoms with Crippen LogP contribution in [-0.2, 0) is 0 Å². The Hall–Kier alpha value is -2.01. The summed E-state index contributed by atoms with van der Waals surface area (Å²) in [6.45, 7) is 1.57. The zero-order valence-corrected chi connectivity index (χ0v) is 10.1. The summed E-state index contributed by atoms with van der Waals surface area (Å²) >= 11 is 5.78. The minimum Gasteiger partial charge on any atom is -0.476 e. The third-order valence-electron chi connectivity index (χ3n) is 2.39. The summed E-state index contributed by atoms with van der Waals surface area (Å²) in [6.07, 6.45) is 0. The molecular formula is C12H8ClFN2O2. The van der Waals surface area contributed by atoms with Gasteiger partial charge < -0.3 is 5.11 Å². The van der Waals surface area contributed by atoms with Crippen LogP contribution in [0.5, 0.6) is 0 Å². The molecule has 0 aliphatic carbocycles. The Morgan fingerprint density at radius 3 is 2.67 bits per heavy atom. The standard InChI is InChI=1S/C12H8ClFN2O2/c1-6-4-10(15-16-11(6)12(17)18)8-5-7(13)2-3-9(8)14/h2-5H,1H3,(H,17,18). The van der Waals surface area contributed by atoms with Crippen molar-refractivity contribution in [3.8, 4) is 11.3 Å². The molecule has 92 valence electrons. The van der Waals surface area contributed by atoms with Crippen molar-refractivity contribution in [1.29, 1.82) is 0 Å².